The van der Waals surface area contributed by atoms with E-state index in [0.717, 1.165) is 0 Å². The highest BCUT2D eigenvalue weighted by molar-refractivity contribution is 6.30. The zero-order chi connectivity index (χ0) is 14.8. The highest BCUT2D eigenvalue weighted by Gasteiger charge is 2.34. The summed E-state index contributed by atoms with van der Waals surface area (Å²) in [5.41, 5.74) is -0.358. The third kappa shape index (κ3) is 3.49. The van der Waals surface area contributed by atoms with Gasteiger partial charge in [-0.25, -0.2) is 4.68 Å². The number of aliphatic hydroxyl groups is 1. The summed E-state index contributed by atoms with van der Waals surface area (Å²) in [7, 11) is 0. The second kappa shape index (κ2) is 5.81. The second-order valence-corrected chi connectivity index (χ2v) is 6.09. The van der Waals surface area contributed by atoms with Gasteiger partial charge >= 0.3 is 0 Å². The summed E-state index contributed by atoms with van der Waals surface area (Å²) < 4.78 is 7.36. The van der Waals surface area contributed by atoms with Crippen molar-refractivity contribution in [1.29, 1.82) is 0 Å². The molecule has 0 spiro atoms. The van der Waals surface area contributed by atoms with E-state index in [0.29, 0.717) is 10.8 Å². The van der Waals surface area contributed by atoms with Gasteiger partial charge < -0.3 is 9.84 Å². The first-order valence-electron chi connectivity index (χ1n) is 6.34. The molecule has 1 N–H and O–H groups in total. The van der Waals surface area contributed by atoms with Crippen molar-refractivity contribution in [2.75, 3.05) is 0 Å². The molecule has 5 nitrogen and oxygen atoms in total. The summed E-state index contributed by atoms with van der Waals surface area (Å²) in [6.07, 6.45) is 1.81. The van der Waals surface area contributed by atoms with Gasteiger partial charge in [-0.05, 0) is 29.7 Å². The van der Waals surface area contributed by atoms with Crippen molar-refractivity contribution in [3.63, 3.8) is 0 Å². The Morgan fingerprint density at radius 3 is 2.40 bits per heavy atom. The summed E-state index contributed by atoms with van der Waals surface area (Å²) >= 11 is 5.85. The summed E-state index contributed by atoms with van der Waals surface area (Å²) in [5, 5.41) is 18.8. The molecule has 0 saturated heterocycles. The molecule has 1 heterocycles. The molecule has 0 aliphatic carbocycles. The number of nitrogens with zero attached hydrogens (tertiary/aromatic N) is 3. The quantitative estimate of drug-likeness (QED) is 0.942. The van der Waals surface area contributed by atoms with Gasteiger partial charge in [-0.1, -0.05) is 37.6 Å². The van der Waals surface area contributed by atoms with Gasteiger partial charge in [0.15, 0.2) is 0 Å². The summed E-state index contributed by atoms with van der Waals surface area (Å²) in [4.78, 5) is 0. The third-order valence-electron chi connectivity index (χ3n) is 2.93. The Balaban J connectivity index is 2.26. The molecule has 0 aliphatic rings. The van der Waals surface area contributed by atoms with Crippen LogP contribution in [0.25, 0.3) is 0 Å². The number of ether oxygens (including phenoxy) is 1. The van der Waals surface area contributed by atoms with E-state index in [4.69, 9.17) is 16.3 Å². The van der Waals surface area contributed by atoms with E-state index in [2.05, 4.69) is 10.3 Å². The lowest BCUT2D eigenvalue weighted by atomic mass is 9.88. The van der Waals surface area contributed by atoms with Crippen molar-refractivity contribution in [2.45, 2.75) is 33.1 Å². The standard InChI is InChI=1S/C14H18ClN3O2/c1-14(2,3)12(19)13(18-9-8-16-17-18)20-11-6-4-10(15)5-7-11/h4-9,12-13,19H,1-3H3. The number of aromatic nitrogens is 3. The predicted octanol–water partition coefficient (Wildman–Crippen LogP) is 2.92. The SMILES string of the molecule is CC(C)(C)C(O)C(Oc1ccc(Cl)cc1)n1ccnn1. The first kappa shape index (κ1) is 14.8. The van der Waals surface area contributed by atoms with Gasteiger partial charge in [0.25, 0.3) is 0 Å². The lowest BCUT2D eigenvalue weighted by molar-refractivity contribution is -0.0736. The summed E-state index contributed by atoms with van der Waals surface area (Å²) in [6.45, 7) is 5.81. The molecule has 0 aliphatic heterocycles. The molecule has 2 aromatic rings. The lowest BCUT2D eigenvalue weighted by Gasteiger charge is -2.32. The van der Waals surface area contributed by atoms with E-state index >= 15 is 0 Å². The van der Waals surface area contributed by atoms with Gasteiger partial charge in [-0.3, -0.25) is 0 Å². The van der Waals surface area contributed by atoms with Crippen LogP contribution in [0, 0.1) is 5.41 Å². The summed E-state index contributed by atoms with van der Waals surface area (Å²) in [5.74, 6) is 0.609. The minimum Gasteiger partial charge on any atom is -0.466 e. The highest BCUT2D eigenvalue weighted by Crippen LogP contribution is 2.30. The Labute approximate surface area is 123 Å². The Hall–Kier alpha value is -1.59. The van der Waals surface area contributed by atoms with Gasteiger partial charge in [-0.15, -0.1) is 5.10 Å². The average molecular weight is 296 g/mol. The van der Waals surface area contributed by atoms with Crippen molar-refractivity contribution >= 4 is 11.6 Å². The van der Waals surface area contributed by atoms with Gasteiger partial charge in [0.2, 0.25) is 6.23 Å². The molecule has 108 valence electrons. The van der Waals surface area contributed by atoms with Crippen molar-refractivity contribution in [1.82, 2.24) is 15.0 Å². The van der Waals surface area contributed by atoms with Crippen molar-refractivity contribution in [3.05, 3.63) is 41.7 Å². The number of hydrogen-bond acceptors (Lipinski definition) is 4. The second-order valence-electron chi connectivity index (χ2n) is 5.66. The van der Waals surface area contributed by atoms with Crippen molar-refractivity contribution in [2.24, 2.45) is 5.41 Å². The van der Waals surface area contributed by atoms with Crippen molar-refractivity contribution < 1.29 is 9.84 Å². The molecule has 0 amide bonds. The molecule has 20 heavy (non-hydrogen) atoms. The van der Waals surface area contributed by atoms with E-state index < -0.39 is 12.3 Å². The first-order chi connectivity index (χ1) is 9.38. The Morgan fingerprint density at radius 2 is 1.90 bits per heavy atom. The smallest absolute Gasteiger partial charge is 0.219 e. The van der Waals surface area contributed by atoms with Gasteiger partial charge in [0.1, 0.15) is 11.9 Å². The zero-order valence-electron chi connectivity index (χ0n) is 11.7. The molecule has 2 atom stereocenters. The minimum absolute atomic E-state index is 0.358. The van der Waals surface area contributed by atoms with E-state index in [1.807, 2.05) is 20.8 Å². The fourth-order valence-electron chi connectivity index (χ4n) is 1.70. The molecule has 0 fully saturated rings. The van der Waals surface area contributed by atoms with Gasteiger partial charge in [0, 0.05) is 11.2 Å². The Bertz CT molecular complexity index is 535. The number of rotatable bonds is 4. The fourth-order valence-corrected chi connectivity index (χ4v) is 1.82. The van der Waals surface area contributed by atoms with E-state index in [9.17, 15) is 5.11 Å². The fraction of sp³-hybridized carbons (Fsp3) is 0.429. The van der Waals surface area contributed by atoms with E-state index in [1.165, 1.54) is 4.68 Å². The maximum Gasteiger partial charge on any atom is 0.219 e. The molecule has 2 unspecified atom stereocenters. The van der Waals surface area contributed by atoms with Gasteiger partial charge in [-0.2, -0.15) is 0 Å². The summed E-state index contributed by atoms with van der Waals surface area (Å²) in [6, 6.07) is 6.97. The molecule has 1 aromatic carbocycles. The highest BCUT2D eigenvalue weighted by atomic mass is 35.5. The Morgan fingerprint density at radius 1 is 1.25 bits per heavy atom. The monoisotopic (exact) mass is 295 g/mol. The van der Waals surface area contributed by atoms with Crippen LogP contribution in [-0.4, -0.2) is 26.2 Å². The van der Waals surface area contributed by atoms with Crippen LogP contribution in [0.3, 0.4) is 0 Å². The topological polar surface area (TPSA) is 60.2 Å². The minimum atomic E-state index is -0.750. The molecule has 6 heteroatoms. The van der Waals surface area contributed by atoms with Crippen LogP contribution in [0.5, 0.6) is 5.75 Å². The molecule has 0 saturated carbocycles. The number of aliphatic hydroxyl groups excluding tert-OH is 1. The molecule has 0 radical (unpaired) electrons. The molecule has 1 aromatic heterocycles. The average Bonchev–Trinajstić information content (AvgIpc) is 2.90. The largest absolute Gasteiger partial charge is 0.466 e. The molecule has 2 rings (SSSR count). The first-order valence-corrected chi connectivity index (χ1v) is 6.72. The number of benzene rings is 1. The normalized spacial score (nSPS) is 14.8. The van der Waals surface area contributed by atoms with Crippen molar-refractivity contribution in [3.8, 4) is 5.75 Å². The third-order valence-corrected chi connectivity index (χ3v) is 3.18. The van der Waals surface area contributed by atoms with Crippen LogP contribution in [0.15, 0.2) is 36.7 Å². The van der Waals surface area contributed by atoms with Gasteiger partial charge in [0.05, 0.1) is 6.20 Å². The predicted molar refractivity (Wildman–Crippen MR) is 76.6 cm³/mol. The lowest BCUT2D eigenvalue weighted by Crippen LogP contribution is -2.39. The number of halogens is 1. The Kier molecular flexibility index (Phi) is 4.30. The van der Waals surface area contributed by atoms with Crippen LogP contribution in [-0.2, 0) is 0 Å². The van der Waals surface area contributed by atoms with Crippen LogP contribution >= 0.6 is 11.6 Å². The van der Waals surface area contributed by atoms with E-state index in [1.54, 1.807) is 36.7 Å². The van der Waals surface area contributed by atoms with Crippen LogP contribution in [0.4, 0.5) is 0 Å². The maximum absolute atomic E-state index is 10.5. The molecular weight excluding hydrogens is 278 g/mol. The van der Waals surface area contributed by atoms with Crippen LogP contribution in [0.1, 0.15) is 27.0 Å². The van der Waals surface area contributed by atoms with E-state index in [-0.39, 0.29) is 5.41 Å². The zero-order valence-corrected chi connectivity index (χ0v) is 12.4. The maximum atomic E-state index is 10.5. The number of hydrogen-bond donors (Lipinski definition) is 1. The van der Waals surface area contributed by atoms with Crippen LogP contribution < -0.4 is 4.74 Å². The molecule has 0 bridgehead atoms. The van der Waals surface area contributed by atoms with Crippen LogP contribution in [0.2, 0.25) is 5.02 Å². The molecular formula is C14H18ClN3O2.